The molecule has 1 saturated carbocycles. The number of hydrogen-bond acceptors (Lipinski definition) is 7. The van der Waals surface area contributed by atoms with Gasteiger partial charge in [0, 0.05) is 30.3 Å². The van der Waals surface area contributed by atoms with E-state index in [-0.39, 0.29) is 5.97 Å². The zero-order valence-electron chi connectivity index (χ0n) is 17.4. The van der Waals surface area contributed by atoms with Gasteiger partial charge >= 0.3 is 5.97 Å². The molecule has 0 atom stereocenters. The molecule has 1 spiro atoms. The lowest BCUT2D eigenvalue weighted by Gasteiger charge is -2.52. The van der Waals surface area contributed by atoms with E-state index < -0.39 is 0 Å². The number of likely N-dealkylation sites (tertiary alicyclic amines) is 1. The fourth-order valence-corrected chi connectivity index (χ4v) is 6.07. The molecule has 0 radical (unpaired) electrons. The third kappa shape index (κ3) is 4.05. The van der Waals surface area contributed by atoms with Crippen LogP contribution in [0, 0.1) is 11.3 Å². The van der Waals surface area contributed by atoms with E-state index in [0.29, 0.717) is 24.4 Å². The average molecular weight is 425 g/mol. The number of benzene rings is 1. The van der Waals surface area contributed by atoms with Crippen molar-refractivity contribution in [2.24, 2.45) is 11.3 Å². The van der Waals surface area contributed by atoms with Crippen molar-refractivity contribution in [2.45, 2.75) is 55.5 Å². The van der Waals surface area contributed by atoms with Gasteiger partial charge in [-0.15, -0.1) is 0 Å². The van der Waals surface area contributed by atoms with Crippen LogP contribution in [0.15, 0.2) is 40.5 Å². The second-order valence-corrected chi connectivity index (χ2v) is 9.86. The van der Waals surface area contributed by atoms with Crippen LogP contribution in [0.1, 0.15) is 44.6 Å². The lowest BCUT2D eigenvalue weighted by molar-refractivity contribution is -0.147. The number of aromatic nitrogens is 2. The number of hydrogen-bond donors (Lipinski definition) is 1. The molecule has 1 saturated heterocycles. The van der Waals surface area contributed by atoms with Gasteiger partial charge in [0.2, 0.25) is 0 Å². The molecule has 3 heterocycles. The second kappa shape index (κ2) is 8.19. The highest BCUT2D eigenvalue weighted by atomic mass is 32.2. The number of carbonyl (C=O) groups excluding carboxylic acids is 1. The molecule has 1 aromatic carbocycles. The predicted octanol–water partition coefficient (Wildman–Crippen LogP) is 4.63. The summed E-state index contributed by atoms with van der Waals surface area (Å²) in [5.74, 6) is 1.35. The maximum atomic E-state index is 11.7. The number of esters is 1. The van der Waals surface area contributed by atoms with Crippen LogP contribution in [0.5, 0.6) is 0 Å². The molecule has 7 heteroatoms. The standard InChI is InChI=1S/C23H28N4O2S/c1-2-29-20(28)12-17-13-23(14-17)5-9-27(10-6-23)15-16-3-4-19-18(11-16)26-21-22(30-19)25-8-7-24-21/h3-4,7-8,11,17H,2,5-6,9-10,12-15H2,1H3,(H,24,26). The van der Waals surface area contributed by atoms with Gasteiger partial charge in [-0.1, -0.05) is 17.8 Å². The molecule has 0 unspecified atom stereocenters. The fraction of sp³-hybridized carbons (Fsp3) is 0.522. The summed E-state index contributed by atoms with van der Waals surface area (Å²) in [7, 11) is 0. The Hall–Kier alpha value is -2.12. The zero-order valence-corrected chi connectivity index (χ0v) is 18.2. The molecule has 30 heavy (non-hydrogen) atoms. The molecule has 6 nitrogen and oxygen atoms in total. The third-order valence-electron chi connectivity index (χ3n) is 6.70. The smallest absolute Gasteiger partial charge is 0.306 e. The van der Waals surface area contributed by atoms with E-state index in [9.17, 15) is 4.79 Å². The zero-order chi connectivity index (χ0) is 20.6. The van der Waals surface area contributed by atoms with Crippen LogP contribution in [0.3, 0.4) is 0 Å². The first-order valence-corrected chi connectivity index (χ1v) is 11.7. The Balaban J connectivity index is 1.13. The van der Waals surface area contributed by atoms with E-state index in [1.54, 1.807) is 24.2 Å². The van der Waals surface area contributed by atoms with Gasteiger partial charge < -0.3 is 10.1 Å². The van der Waals surface area contributed by atoms with Crippen molar-refractivity contribution in [2.75, 3.05) is 25.0 Å². The minimum absolute atomic E-state index is 0.0254. The van der Waals surface area contributed by atoms with E-state index in [4.69, 9.17) is 4.74 Å². The maximum Gasteiger partial charge on any atom is 0.306 e. The summed E-state index contributed by atoms with van der Waals surface area (Å²) >= 11 is 1.67. The Labute approximate surface area is 181 Å². The first-order valence-electron chi connectivity index (χ1n) is 10.9. The number of fused-ring (bicyclic) bond motifs is 2. The van der Waals surface area contributed by atoms with Crippen LogP contribution in [-0.2, 0) is 16.1 Å². The van der Waals surface area contributed by atoms with Crippen LogP contribution in [0.4, 0.5) is 11.5 Å². The molecule has 2 fully saturated rings. The molecule has 5 rings (SSSR count). The van der Waals surface area contributed by atoms with Crippen molar-refractivity contribution in [3.05, 3.63) is 36.2 Å². The molecule has 1 aromatic heterocycles. The summed E-state index contributed by atoms with van der Waals surface area (Å²) in [6.07, 6.45) is 8.94. The number of carbonyl (C=O) groups is 1. The predicted molar refractivity (Wildman–Crippen MR) is 117 cm³/mol. The minimum atomic E-state index is -0.0254. The van der Waals surface area contributed by atoms with Crippen molar-refractivity contribution >= 4 is 29.2 Å². The topological polar surface area (TPSA) is 67.3 Å². The second-order valence-electron chi connectivity index (χ2n) is 8.83. The number of nitrogens with zero attached hydrogens (tertiary/aromatic N) is 3. The molecule has 158 valence electrons. The number of piperidine rings is 1. The molecule has 3 aliphatic rings. The van der Waals surface area contributed by atoms with E-state index in [2.05, 4.69) is 38.4 Å². The highest BCUT2D eigenvalue weighted by molar-refractivity contribution is 7.99. The fourth-order valence-electron chi connectivity index (χ4n) is 5.20. The third-order valence-corrected chi connectivity index (χ3v) is 7.76. The van der Waals surface area contributed by atoms with Gasteiger partial charge in [0.05, 0.1) is 12.3 Å². The Morgan fingerprint density at radius 2 is 2.07 bits per heavy atom. The quantitative estimate of drug-likeness (QED) is 0.599. The number of anilines is 2. The van der Waals surface area contributed by atoms with Gasteiger partial charge in [-0.2, -0.15) is 0 Å². The van der Waals surface area contributed by atoms with Crippen molar-refractivity contribution in [1.29, 1.82) is 0 Å². The lowest BCUT2D eigenvalue weighted by Crippen LogP contribution is -2.47. The van der Waals surface area contributed by atoms with Gasteiger partial charge in [0.1, 0.15) is 5.03 Å². The highest BCUT2D eigenvalue weighted by Crippen LogP contribution is 2.54. The van der Waals surface area contributed by atoms with Gasteiger partial charge in [0.25, 0.3) is 0 Å². The van der Waals surface area contributed by atoms with Gasteiger partial charge in [-0.05, 0) is 74.7 Å². The Bertz CT molecular complexity index is 935. The van der Waals surface area contributed by atoms with Gasteiger partial charge in [-0.3, -0.25) is 9.69 Å². The largest absolute Gasteiger partial charge is 0.466 e. The molecule has 0 bridgehead atoms. The van der Waals surface area contributed by atoms with E-state index in [1.807, 2.05) is 6.92 Å². The molecule has 0 amide bonds. The molecule has 1 N–H and O–H groups in total. The van der Waals surface area contributed by atoms with Crippen LogP contribution in [0.25, 0.3) is 0 Å². The SMILES string of the molecule is CCOC(=O)CC1CC2(CCN(Cc3ccc4c(c3)Nc3nccnc3S4)CC2)C1. The monoisotopic (exact) mass is 424 g/mol. The van der Waals surface area contributed by atoms with Crippen LogP contribution in [0.2, 0.25) is 0 Å². The maximum absolute atomic E-state index is 11.7. The van der Waals surface area contributed by atoms with E-state index in [0.717, 1.165) is 36.2 Å². The minimum Gasteiger partial charge on any atom is -0.466 e. The van der Waals surface area contributed by atoms with E-state index in [1.165, 1.54) is 36.1 Å². The van der Waals surface area contributed by atoms with Crippen molar-refractivity contribution in [1.82, 2.24) is 14.9 Å². The van der Waals surface area contributed by atoms with Gasteiger partial charge in [-0.25, -0.2) is 9.97 Å². The Morgan fingerprint density at radius 3 is 2.87 bits per heavy atom. The van der Waals surface area contributed by atoms with Gasteiger partial charge in [0.15, 0.2) is 5.82 Å². The first kappa shape index (κ1) is 19.8. The lowest BCUT2D eigenvalue weighted by atomic mass is 9.57. The molecule has 2 aromatic rings. The summed E-state index contributed by atoms with van der Waals surface area (Å²) < 4.78 is 5.11. The number of nitrogens with one attached hydrogen (secondary N) is 1. The summed E-state index contributed by atoms with van der Waals surface area (Å²) in [6.45, 7) is 5.62. The van der Waals surface area contributed by atoms with Crippen molar-refractivity contribution < 1.29 is 9.53 Å². The summed E-state index contributed by atoms with van der Waals surface area (Å²) in [5, 5.41) is 4.36. The van der Waals surface area contributed by atoms with Crippen molar-refractivity contribution in [3.63, 3.8) is 0 Å². The van der Waals surface area contributed by atoms with Crippen molar-refractivity contribution in [3.8, 4) is 0 Å². The Kier molecular flexibility index (Phi) is 5.41. The molecular weight excluding hydrogens is 396 g/mol. The summed E-state index contributed by atoms with van der Waals surface area (Å²) in [4.78, 5) is 24.3. The van der Waals surface area contributed by atoms with Crippen LogP contribution < -0.4 is 5.32 Å². The number of ether oxygens (including phenoxy) is 1. The van der Waals surface area contributed by atoms with E-state index >= 15 is 0 Å². The highest BCUT2D eigenvalue weighted by Gasteiger charge is 2.46. The summed E-state index contributed by atoms with van der Waals surface area (Å²) in [5.41, 5.74) is 2.93. The molecule has 2 aliphatic heterocycles. The number of rotatable bonds is 5. The average Bonchev–Trinajstić information content (AvgIpc) is 2.73. The molecular formula is C23H28N4O2S. The van der Waals surface area contributed by atoms with Crippen LogP contribution >= 0.6 is 11.8 Å². The first-order chi connectivity index (χ1) is 14.6. The molecule has 1 aliphatic carbocycles. The normalized spacial score (nSPS) is 20.0. The van der Waals surface area contributed by atoms with Crippen LogP contribution in [-0.4, -0.2) is 40.5 Å². The summed E-state index contributed by atoms with van der Waals surface area (Å²) in [6, 6.07) is 6.68. The Morgan fingerprint density at radius 1 is 1.27 bits per heavy atom.